The van der Waals surface area contributed by atoms with E-state index < -0.39 is 5.54 Å². The van der Waals surface area contributed by atoms with Crippen LogP contribution in [0.2, 0.25) is 0 Å². The van der Waals surface area contributed by atoms with Gasteiger partial charge in [-0.1, -0.05) is 15.9 Å². The van der Waals surface area contributed by atoms with Gasteiger partial charge in [0.1, 0.15) is 0 Å². The molecule has 1 heterocycles. The first-order valence-corrected chi connectivity index (χ1v) is 6.55. The van der Waals surface area contributed by atoms with Crippen molar-refractivity contribution in [2.75, 3.05) is 11.4 Å². The van der Waals surface area contributed by atoms with E-state index in [4.69, 9.17) is 0 Å². The maximum absolute atomic E-state index is 12.3. The molecule has 1 atom stereocenters. The fraction of sp³-hybridized carbons (Fsp3) is 0.462. The minimum atomic E-state index is -0.495. The summed E-state index contributed by atoms with van der Waals surface area (Å²) in [5.41, 5.74) is 0.463. The highest BCUT2D eigenvalue weighted by Gasteiger charge is 2.38. The van der Waals surface area contributed by atoms with Crippen LogP contribution in [0.3, 0.4) is 0 Å². The molecule has 17 heavy (non-hydrogen) atoms. The van der Waals surface area contributed by atoms with Gasteiger partial charge in [0.2, 0.25) is 5.91 Å². The largest absolute Gasteiger partial charge is 0.309 e. The number of hydrogen-bond donors (Lipinski definition) is 1. The van der Waals surface area contributed by atoms with Gasteiger partial charge in [0.05, 0.1) is 5.54 Å². The molecule has 0 aliphatic carbocycles. The first kappa shape index (κ1) is 12.6. The summed E-state index contributed by atoms with van der Waals surface area (Å²) in [6.45, 7) is 6.66. The van der Waals surface area contributed by atoms with Gasteiger partial charge in [-0.2, -0.15) is 0 Å². The Labute approximate surface area is 110 Å². The van der Waals surface area contributed by atoms with E-state index in [1.54, 1.807) is 0 Å². The lowest BCUT2D eigenvalue weighted by Crippen LogP contribution is -2.65. The van der Waals surface area contributed by atoms with Crippen LogP contribution in [0.15, 0.2) is 28.7 Å². The number of piperazine rings is 1. The molecule has 1 fully saturated rings. The Morgan fingerprint density at radius 2 is 1.94 bits per heavy atom. The lowest BCUT2D eigenvalue weighted by Gasteiger charge is -2.41. The SMILES string of the molecule is CC1CN(c2ccc(Br)cc2)C(=O)C(C)(C)N1. The number of hydrogen-bond acceptors (Lipinski definition) is 2. The number of benzene rings is 1. The van der Waals surface area contributed by atoms with Gasteiger partial charge in [0, 0.05) is 22.7 Å². The zero-order valence-corrected chi connectivity index (χ0v) is 11.9. The van der Waals surface area contributed by atoms with Crippen LogP contribution < -0.4 is 10.2 Å². The van der Waals surface area contributed by atoms with Crippen molar-refractivity contribution in [1.29, 1.82) is 0 Å². The third-order valence-electron chi connectivity index (χ3n) is 2.98. The minimum absolute atomic E-state index is 0.123. The van der Waals surface area contributed by atoms with Crippen LogP contribution in [0.1, 0.15) is 20.8 Å². The molecule has 1 aromatic carbocycles. The van der Waals surface area contributed by atoms with Crippen molar-refractivity contribution in [3.05, 3.63) is 28.7 Å². The molecule has 1 aliphatic rings. The topological polar surface area (TPSA) is 32.3 Å². The molecule has 0 spiro atoms. The van der Waals surface area contributed by atoms with Crippen LogP contribution in [-0.4, -0.2) is 24.0 Å². The van der Waals surface area contributed by atoms with E-state index in [0.717, 1.165) is 10.2 Å². The summed E-state index contributed by atoms with van der Waals surface area (Å²) in [6, 6.07) is 8.16. The molecule has 3 nitrogen and oxygen atoms in total. The average Bonchev–Trinajstić information content (AvgIpc) is 2.24. The molecule has 1 N–H and O–H groups in total. The standard InChI is InChI=1S/C13H17BrN2O/c1-9-8-16(12(17)13(2,3)15-9)11-6-4-10(14)5-7-11/h4-7,9,15H,8H2,1-3H3. The summed E-state index contributed by atoms with van der Waals surface area (Å²) >= 11 is 3.40. The Hall–Kier alpha value is -0.870. The maximum atomic E-state index is 12.3. The molecular weight excluding hydrogens is 280 g/mol. The zero-order valence-electron chi connectivity index (χ0n) is 10.3. The van der Waals surface area contributed by atoms with Crippen molar-refractivity contribution in [2.45, 2.75) is 32.4 Å². The van der Waals surface area contributed by atoms with Crippen molar-refractivity contribution in [1.82, 2.24) is 5.32 Å². The van der Waals surface area contributed by atoms with Gasteiger partial charge in [-0.25, -0.2) is 0 Å². The van der Waals surface area contributed by atoms with E-state index >= 15 is 0 Å². The average molecular weight is 297 g/mol. The molecule has 1 amide bonds. The van der Waals surface area contributed by atoms with Gasteiger partial charge in [-0.3, -0.25) is 10.1 Å². The second kappa shape index (κ2) is 4.42. The Bertz CT molecular complexity index is 428. The van der Waals surface area contributed by atoms with Crippen molar-refractivity contribution in [3.63, 3.8) is 0 Å². The van der Waals surface area contributed by atoms with Crippen LogP contribution >= 0.6 is 15.9 Å². The van der Waals surface area contributed by atoms with Crippen molar-refractivity contribution in [2.24, 2.45) is 0 Å². The molecular formula is C13H17BrN2O. The Morgan fingerprint density at radius 1 is 1.35 bits per heavy atom. The zero-order chi connectivity index (χ0) is 12.6. The molecule has 1 saturated heterocycles. The van der Waals surface area contributed by atoms with Crippen LogP contribution in [0.25, 0.3) is 0 Å². The lowest BCUT2D eigenvalue weighted by molar-refractivity contribution is -0.125. The maximum Gasteiger partial charge on any atom is 0.246 e. The molecule has 1 unspecified atom stereocenters. The van der Waals surface area contributed by atoms with Gasteiger partial charge in [-0.15, -0.1) is 0 Å². The predicted octanol–water partition coefficient (Wildman–Crippen LogP) is 2.55. The molecule has 92 valence electrons. The summed E-state index contributed by atoms with van der Waals surface area (Å²) in [7, 11) is 0. The van der Waals surface area contributed by atoms with Gasteiger partial charge < -0.3 is 4.90 Å². The first-order valence-electron chi connectivity index (χ1n) is 5.75. The summed E-state index contributed by atoms with van der Waals surface area (Å²) in [4.78, 5) is 14.2. The summed E-state index contributed by atoms with van der Waals surface area (Å²) in [6.07, 6.45) is 0. The van der Waals surface area contributed by atoms with Gasteiger partial charge in [0.15, 0.2) is 0 Å². The fourth-order valence-electron chi connectivity index (χ4n) is 2.26. The third-order valence-corrected chi connectivity index (χ3v) is 3.51. The van der Waals surface area contributed by atoms with E-state index in [1.165, 1.54) is 0 Å². The molecule has 0 bridgehead atoms. The molecule has 2 rings (SSSR count). The van der Waals surface area contributed by atoms with E-state index in [0.29, 0.717) is 12.6 Å². The molecule has 0 saturated carbocycles. The quantitative estimate of drug-likeness (QED) is 0.864. The second-order valence-electron chi connectivity index (χ2n) is 5.06. The Morgan fingerprint density at radius 3 is 2.53 bits per heavy atom. The van der Waals surface area contributed by atoms with Gasteiger partial charge in [0.25, 0.3) is 0 Å². The number of rotatable bonds is 1. The number of nitrogens with zero attached hydrogens (tertiary/aromatic N) is 1. The highest BCUT2D eigenvalue weighted by molar-refractivity contribution is 9.10. The minimum Gasteiger partial charge on any atom is -0.309 e. The number of anilines is 1. The van der Waals surface area contributed by atoms with Crippen LogP contribution in [0.4, 0.5) is 5.69 Å². The van der Waals surface area contributed by atoms with Crippen molar-refractivity contribution >= 4 is 27.5 Å². The fourth-order valence-corrected chi connectivity index (χ4v) is 2.53. The summed E-state index contributed by atoms with van der Waals surface area (Å²) in [5, 5.41) is 3.32. The number of carbonyl (C=O) groups is 1. The smallest absolute Gasteiger partial charge is 0.246 e. The van der Waals surface area contributed by atoms with Gasteiger partial charge >= 0.3 is 0 Å². The monoisotopic (exact) mass is 296 g/mol. The van der Waals surface area contributed by atoms with Crippen LogP contribution in [0, 0.1) is 0 Å². The van der Waals surface area contributed by atoms with Crippen molar-refractivity contribution in [3.8, 4) is 0 Å². The van der Waals surface area contributed by atoms with Crippen molar-refractivity contribution < 1.29 is 4.79 Å². The second-order valence-corrected chi connectivity index (χ2v) is 5.98. The van der Waals surface area contributed by atoms with E-state index in [9.17, 15) is 4.79 Å². The van der Waals surface area contributed by atoms with Crippen LogP contribution in [0.5, 0.6) is 0 Å². The number of carbonyl (C=O) groups excluding carboxylic acids is 1. The number of halogens is 1. The molecule has 1 aromatic rings. The highest BCUT2D eigenvalue weighted by Crippen LogP contribution is 2.24. The first-order chi connectivity index (χ1) is 7.90. The molecule has 0 radical (unpaired) electrons. The molecule has 1 aliphatic heterocycles. The Balaban J connectivity index is 2.31. The normalized spacial score (nSPS) is 23.9. The van der Waals surface area contributed by atoms with E-state index in [-0.39, 0.29) is 5.91 Å². The lowest BCUT2D eigenvalue weighted by atomic mass is 9.97. The van der Waals surface area contributed by atoms with E-state index in [2.05, 4.69) is 28.2 Å². The van der Waals surface area contributed by atoms with Gasteiger partial charge in [-0.05, 0) is 45.0 Å². The molecule has 4 heteroatoms. The Kier molecular flexibility index (Phi) is 3.27. The van der Waals surface area contributed by atoms with E-state index in [1.807, 2.05) is 43.0 Å². The van der Waals surface area contributed by atoms with Crippen LogP contribution in [-0.2, 0) is 4.79 Å². The number of nitrogens with one attached hydrogen (secondary N) is 1. The summed E-state index contributed by atoms with van der Waals surface area (Å²) in [5.74, 6) is 0.123. The summed E-state index contributed by atoms with van der Waals surface area (Å²) < 4.78 is 1.02. The predicted molar refractivity (Wildman–Crippen MR) is 73.2 cm³/mol. The number of amides is 1. The highest BCUT2D eigenvalue weighted by atomic mass is 79.9. The third kappa shape index (κ3) is 2.53. The molecule has 0 aromatic heterocycles.